The molecule has 2 aromatic carbocycles. The van der Waals surface area contributed by atoms with Gasteiger partial charge in [-0.2, -0.15) is 0 Å². The molecule has 0 radical (unpaired) electrons. The number of Topliss-reactive ketones (excluding diaryl/α,β-unsaturated/α-hetero) is 1. The van der Waals surface area contributed by atoms with Crippen LogP contribution in [0.3, 0.4) is 0 Å². The lowest BCUT2D eigenvalue weighted by molar-refractivity contribution is -0.132. The molecule has 1 aliphatic heterocycles. The van der Waals surface area contributed by atoms with Crippen LogP contribution in [0.15, 0.2) is 66.6 Å². The molecule has 0 saturated heterocycles. The molecule has 0 aromatic heterocycles. The molecule has 0 spiro atoms. The number of allylic oxidation sites excluding steroid dienone is 1. The van der Waals surface area contributed by atoms with E-state index < -0.39 is 6.16 Å². The minimum Gasteiger partial charge on any atom is -0.493 e. The number of unbranched alkanes of at least 4 members (excludes halogenated alkanes) is 1. The molecule has 2 aromatic rings. The third kappa shape index (κ3) is 5.31. The molecule has 3 atom stereocenters. The van der Waals surface area contributed by atoms with Gasteiger partial charge in [0.05, 0.1) is 12.5 Å². The van der Waals surface area contributed by atoms with Crippen LogP contribution < -0.4 is 4.74 Å². The number of hydrogen-bond donors (Lipinski definition) is 0. The fourth-order valence-corrected chi connectivity index (χ4v) is 4.06. The van der Waals surface area contributed by atoms with Crippen LogP contribution in [0.25, 0.3) is 11.1 Å². The second kappa shape index (κ2) is 10.4. The summed E-state index contributed by atoms with van der Waals surface area (Å²) in [4.78, 5) is 24.7. The Morgan fingerprint density at radius 2 is 1.78 bits per heavy atom. The number of ether oxygens (including phenoxy) is 4. The van der Waals surface area contributed by atoms with Crippen molar-refractivity contribution in [2.24, 2.45) is 5.92 Å². The van der Waals surface area contributed by atoms with Gasteiger partial charge >= 0.3 is 6.16 Å². The lowest BCUT2D eigenvalue weighted by atomic mass is 9.80. The maximum Gasteiger partial charge on any atom is 0.508 e. The summed E-state index contributed by atoms with van der Waals surface area (Å²) in [6.07, 6.45) is 3.50. The van der Waals surface area contributed by atoms with Crippen molar-refractivity contribution in [3.63, 3.8) is 0 Å². The molecule has 6 heteroatoms. The van der Waals surface area contributed by atoms with Crippen molar-refractivity contribution in [3.8, 4) is 16.9 Å². The Labute approximate surface area is 188 Å². The van der Waals surface area contributed by atoms with Gasteiger partial charge < -0.3 is 18.9 Å². The Morgan fingerprint density at radius 3 is 2.53 bits per heavy atom. The van der Waals surface area contributed by atoms with Crippen molar-refractivity contribution < 1.29 is 28.5 Å². The molecule has 1 aliphatic carbocycles. The smallest absolute Gasteiger partial charge is 0.493 e. The lowest BCUT2D eigenvalue weighted by Crippen LogP contribution is -2.43. The maximum atomic E-state index is 13.0. The fourth-order valence-electron chi connectivity index (χ4n) is 4.06. The summed E-state index contributed by atoms with van der Waals surface area (Å²) in [6, 6.07) is 17.7. The van der Waals surface area contributed by atoms with Crippen LogP contribution in [0.1, 0.15) is 39.0 Å². The van der Waals surface area contributed by atoms with Gasteiger partial charge in [-0.1, -0.05) is 55.8 Å². The molecule has 1 heterocycles. The fraction of sp³-hybridized carbons (Fsp3) is 0.385. The Balaban J connectivity index is 1.33. The summed E-state index contributed by atoms with van der Waals surface area (Å²) in [5, 5.41) is 0. The first-order valence-corrected chi connectivity index (χ1v) is 11.2. The number of fused-ring (bicyclic) bond motifs is 1. The zero-order valence-corrected chi connectivity index (χ0v) is 18.2. The summed E-state index contributed by atoms with van der Waals surface area (Å²) in [5.41, 5.74) is 2.19. The lowest BCUT2D eigenvalue weighted by Gasteiger charge is -2.36. The topological polar surface area (TPSA) is 71.1 Å². The standard InChI is InChI=1S/C26H28O6/c1-2-3-15-29-26(28)32-21-13-14-22-23(16-21)30-17-24(25(22)27)31-20-11-9-19(10-12-20)18-7-5-4-6-8-18/h4-12,17,21-23H,2-3,13-16H2,1H3. The minimum absolute atomic E-state index is 0.0719. The highest BCUT2D eigenvalue weighted by molar-refractivity contribution is 5.96. The van der Waals surface area contributed by atoms with Crippen LogP contribution in [0, 0.1) is 5.92 Å². The number of carbonyl (C=O) groups is 2. The monoisotopic (exact) mass is 436 g/mol. The average molecular weight is 437 g/mol. The Hall–Kier alpha value is -3.28. The van der Waals surface area contributed by atoms with Gasteiger partial charge in [0.25, 0.3) is 0 Å². The van der Waals surface area contributed by atoms with E-state index in [9.17, 15) is 9.59 Å². The molecule has 3 unspecified atom stereocenters. The van der Waals surface area contributed by atoms with Crippen molar-refractivity contribution in [1.29, 1.82) is 0 Å². The van der Waals surface area contributed by atoms with E-state index in [1.165, 1.54) is 6.26 Å². The molecule has 1 saturated carbocycles. The third-order valence-electron chi connectivity index (χ3n) is 5.84. The van der Waals surface area contributed by atoms with Crippen LogP contribution in [-0.2, 0) is 19.0 Å². The zero-order chi connectivity index (χ0) is 22.3. The van der Waals surface area contributed by atoms with Crippen molar-refractivity contribution in [1.82, 2.24) is 0 Å². The third-order valence-corrected chi connectivity index (χ3v) is 5.84. The summed E-state index contributed by atoms with van der Waals surface area (Å²) < 4.78 is 22.1. The van der Waals surface area contributed by atoms with Gasteiger partial charge in [-0.3, -0.25) is 4.79 Å². The second-order valence-electron chi connectivity index (χ2n) is 8.12. The van der Waals surface area contributed by atoms with Gasteiger partial charge in [0.1, 0.15) is 24.2 Å². The molecule has 4 rings (SSSR count). The Morgan fingerprint density at radius 1 is 1.03 bits per heavy atom. The molecule has 0 amide bonds. The predicted molar refractivity (Wildman–Crippen MR) is 119 cm³/mol. The quantitative estimate of drug-likeness (QED) is 0.412. The van der Waals surface area contributed by atoms with E-state index in [-0.39, 0.29) is 29.7 Å². The highest BCUT2D eigenvalue weighted by Gasteiger charge is 2.42. The first-order chi connectivity index (χ1) is 15.6. The van der Waals surface area contributed by atoms with E-state index in [4.69, 9.17) is 18.9 Å². The summed E-state index contributed by atoms with van der Waals surface area (Å²) in [5.74, 6) is 0.419. The molecular formula is C26H28O6. The normalized spacial score (nSPS) is 22.2. The van der Waals surface area contributed by atoms with Crippen molar-refractivity contribution in [2.75, 3.05) is 6.61 Å². The Bertz CT molecular complexity index is 950. The molecule has 0 N–H and O–H groups in total. The molecule has 2 aliphatic rings. The molecule has 6 nitrogen and oxygen atoms in total. The number of hydrogen-bond acceptors (Lipinski definition) is 6. The molecule has 32 heavy (non-hydrogen) atoms. The van der Waals surface area contributed by atoms with Crippen molar-refractivity contribution in [2.45, 2.75) is 51.2 Å². The predicted octanol–water partition coefficient (Wildman–Crippen LogP) is 5.66. The van der Waals surface area contributed by atoms with Crippen LogP contribution in [0.5, 0.6) is 5.75 Å². The van der Waals surface area contributed by atoms with Crippen molar-refractivity contribution in [3.05, 3.63) is 66.6 Å². The van der Waals surface area contributed by atoms with Crippen LogP contribution in [0.2, 0.25) is 0 Å². The first-order valence-electron chi connectivity index (χ1n) is 11.2. The summed E-state index contributed by atoms with van der Waals surface area (Å²) >= 11 is 0. The largest absolute Gasteiger partial charge is 0.508 e. The van der Waals surface area contributed by atoms with Crippen LogP contribution >= 0.6 is 0 Å². The second-order valence-corrected chi connectivity index (χ2v) is 8.12. The molecule has 0 bridgehead atoms. The van der Waals surface area contributed by atoms with E-state index in [0.29, 0.717) is 31.6 Å². The number of benzene rings is 2. The van der Waals surface area contributed by atoms with E-state index in [0.717, 1.165) is 24.0 Å². The van der Waals surface area contributed by atoms with Gasteiger partial charge in [-0.25, -0.2) is 4.79 Å². The van der Waals surface area contributed by atoms with E-state index in [1.807, 2.05) is 61.5 Å². The summed E-state index contributed by atoms with van der Waals surface area (Å²) in [6.45, 7) is 2.39. The zero-order valence-electron chi connectivity index (χ0n) is 18.2. The average Bonchev–Trinajstić information content (AvgIpc) is 2.82. The van der Waals surface area contributed by atoms with E-state index in [2.05, 4.69) is 0 Å². The van der Waals surface area contributed by atoms with Crippen LogP contribution in [0.4, 0.5) is 4.79 Å². The number of carbonyl (C=O) groups excluding carboxylic acids is 2. The Kier molecular flexibility index (Phi) is 7.10. The molecule has 168 valence electrons. The SMILES string of the molecule is CCCCOC(=O)OC1CCC2C(=O)C(Oc3ccc(-c4ccccc4)cc3)=COC2C1. The van der Waals surface area contributed by atoms with E-state index >= 15 is 0 Å². The number of rotatable bonds is 7. The van der Waals surface area contributed by atoms with Gasteiger partial charge in [-0.15, -0.1) is 0 Å². The molecule has 1 fully saturated rings. The van der Waals surface area contributed by atoms with Crippen LogP contribution in [-0.4, -0.2) is 30.8 Å². The highest BCUT2D eigenvalue weighted by Crippen LogP contribution is 2.35. The van der Waals surface area contributed by atoms with Gasteiger partial charge in [0.2, 0.25) is 11.5 Å². The van der Waals surface area contributed by atoms with Gasteiger partial charge in [0, 0.05) is 6.42 Å². The minimum atomic E-state index is -0.650. The van der Waals surface area contributed by atoms with Crippen molar-refractivity contribution >= 4 is 11.9 Å². The maximum absolute atomic E-state index is 13.0. The van der Waals surface area contributed by atoms with Gasteiger partial charge in [0.15, 0.2) is 0 Å². The van der Waals surface area contributed by atoms with Gasteiger partial charge in [-0.05, 0) is 42.5 Å². The van der Waals surface area contributed by atoms with E-state index in [1.54, 1.807) is 0 Å². The first kappa shape index (κ1) is 21.9. The number of ketones is 1. The molecular weight excluding hydrogens is 408 g/mol. The summed E-state index contributed by atoms with van der Waals surface area (Å²) in [7, 11) is 0. The highest BCUT2D eigenvalue weighted by atomic mass is 16.7.